The predicted molar refractivity (Wildman–Crippen MR) is 104 cm³/mol. The third-order valence-electron chi connectivity index (χ3n) is 5.20. The average Bonchev–Trinajstić information content (AvgIpc) is 3.16. The molecule has 0 unspecified atom stereocenters. The Labute approximate surface area is 165 Å². The number of nitrogens with zero attached hydrogens (tertiary/aromatic N) is 3. The zero-order valence-corrected chi connectivity index (χ0v) is 17.6. The minimum atomic E-state index is -0.0971. The van der Waals surface area contributed by atoms with Crippen LogP contribution >= 0.6 is 0 Å². The minimum Gasteiger partial charge on any atom is -0.361 e. The van der Waals surface area contributed by atoms with Gasteiger partial charge in [0.1, 0.15) is 11.5 Å². The number of likely N-dealkylation sites (N-methyl/N-ethyl adjacent to an activating group) is 1. The summed E-state index contributed by atoms with van der Waals surface area (Å²) in [5, 5.41) is 10.7. The summed E-state index contributed by atoms with van der Waals surface area (Å²) in [5.41, 5.74) is 3.62. The summed E-state index contributed by atoms with van der Waals surface area (Å²) < 4.78 is 10.2. The monoisotopic (exact) mass is 390 g/mol. The molecule has 2 aromatic rings. The molecule has 0 saturated carbocycles. The Hall–Kier alpha value is -2.64. The maximum absolute atomic E-state index is 12.4. The lowest BCUT2D eigenvalue weighted by molar-refractivity contribution is -0.132. The summed E-state index contributed by atoms with van der Waals surface area (Å²) in [6.45, 7) is 9.77. The van der Waals surface area contributed by atoms with E-state index in [0.717, 1.165) is 34.0 Å². The van der Waals surface area contributed by atoms with Crippen LogP contribution in [0.5, 0.6) is 0 Å². The highest BCUT2D eigenvalue weighted by Gasteiger charge is 2.18. The number of amides is 2. The molecule has 0 aliphatic rings. The lowest BCUT2D eigenvalue weighted by Gasteiger charge is -2.25. The number of carbonyl (C=O) groups is 2. The highest BCUT2D eigenvalue weighted by Crippen LogP contribution is 2.16. The van der Waals surface area contributed by atoms with Crippen LogP contribution in [-0.4, -0.2) is 46.7 Å². The van der Waals surface area contributed by atoms with Crippen LogP contribution in [0.25, 0.3) is 0 Å². The van der Waals surface area contributed by atoms with Crippen molar-refractivity contribution in [3.05, 3.63) is 34.0 Å². The Morgan fingerprint density at radius 2 is 1.46 bits per heavy atom. The van der Waals surface area contributed by atoms with Gasteiger partial charge in [-0.2, -0.15) is 0 Å². The molecule has 2 aromatic heterocycles. The topological polar surface area (TPSA) is 101 Å². The van der Waals surface area contributed by atoms with Crippen molar-refractivity contribution in [1.29, 1.82) is 0 Å². The number of nitrogens with one attached hydrogen (secondary N) is 1. The maximum atomic E-state index is 12.4. The van der Waals surface area contributed by atoms with E-state index < -0.39 is 0 Å². The van der Waals surface area contributed by atoms with E-state index in [9.17, 15) is 9.59 Å². The summed E-state index contributed by atoms with van der Waals surface area (Å²) >= 11 is 0. The van der Waals surface area contributed by atoms with Gasteiger partial charge in [0, 0.05) is 43.6 Å². The van der Waals surface area contributed by atoms with Crippen LogP contribution in [0.2, 0.25) is 0 Å². The van der Waals surface area contributed by atoms with Crippen LogP contribution in [0.4, 0.5) is 0 Å². The van der Waals surface area contributed by atoms with E-state index in [1.54, 1.807) is 11.9 Å². The number of hydrogen-bond acceptors (Lipinski definition) is 6. The van der Waals surface area contributed by atoms with E-state index >= 15 is 0 Å². The second kappa shape index (κ2) is 9.52. The summed E-state index contributed by atoms with van der Waals surface area (Å²) in [6, 6.07) is -0.0971. The fourth-order valence-electron chi connectivity index (χ4n) is 3.10. The van der Waals surface area contributed by atoms with Crippen molar-refractivity contribution in [2.45, 2.75) is 66.3 Å². The van der Waals surface area contributed by atoms with E-state index in [0.29, 0.717) is 32.2 Å². The van der Waals surface area contributed by atoms with Gasteiger partial charge in [-0.3, -0.25) is 9.59 Å². The van der Waals surface area contributed by atoms with Gasteiger partial charge >= 0.3 is 0 Å². The van der Waals surface area contributed by atoms with E-state index in [1.165, 1.54) is 0 Å². The SMILES string of the molecule is Cc1noc(C)c1CCC(=O)NC[C@@H](C)N(C)C(=O)CCc1c(C)noc1C. The first-order valence-electron chi connectivity index (χ1n) is 9.56. The van der Waals surface area contributed by atoms with Gasteiger partial charge < -0.3 is 19.3 Å². The minimum absolute atomic E-state index is 0.0254. The zero-order chi connectivity index (χ0) is 20.8. The van der Waals surface area contributed by atoms with Gasteiger partial charge in [0.25, 0.3) is 0 Å². The van der Waals surface area contributed by atoms with Crippen molar-refractivity contribution < 1.29 is 18.6 Å². The predicted octanol–water partition coefficient (Wildman–Crippen LogP) is 2.42. The first-order valence-corrected chi connectivity index (χ1v) is 9.56. The Morgan fingerprint density at radius 3 is 1.93 bits per heavy atom. The van der Waals surface area contributed by atoms with E-state index in [1.807, 2.05) is 34.6 Å². The van der Waals surface area contributed by atoms with Crippen molar-refractivity contribution in [1.82, 2.24) is 20.5 Å². The number of aromatic nitrogens is 2. The molecule has 0 spiro atoms. The standard InChI is InChI=1S/C20H30N4O4/c1-12(11-21-19(25)9-7-17-13(2)22-27-15(17)4)24(6)20(26)10-8-18-14(3)23-28-16(18)5/h12H,7-11H2,1-6H3,(H,21,25)/t12-/m1/s1. The van der Waals surface area contributed by atoms with Crippen LogP contribution in [0.3, 0.4) is 0 Å². The van der Waals surface area contributed by atoms with Crippen molar-refractivity contribution in [3.8, 4) is 0 Å². The fraction of sp³-hybridized carbons (Fsp3) is 0.600. The molecule has 154 valence electrons. The largest absolute Gasteiger partial charge is 0.361 e. The Balaban J connectivity index is 1.74. The van der Waals surface area contributed by atoms with Crippen LogP contribution in [-0.2, 0) is 22.4 Å². The van der Waals surface area contributed by atoms with Crippen molar-refractivity contribution in [2.24, 2.45) is 0 Å². The molecule has 0 radical (unpaired) electrons. The second-order valence-electron chi connectivity index (χ2n) is 7.26. The molecule has 0 saturated heterocycles. The molecule has 0 bridgehead atoms. The molecular formula is C20H30N4O4. The van der Waals surface area contributed by atoms with Gasteiger partial charge in [-0.25, -0.2) is 0 Å². The highest BCUT2D eigenvalue weighted by molar-refractivity contribution is 5.77. The van der Waals surface area contributed by atoms with Gasteiger partial charge in [-0.15, -0.1) is 0 Å². The van der Waals surface area contributed by atoms with E-state index in [-0.39, 0.29) is 17.9 Å². The summed E-state index contributed by atoms with van der Waals surface area (Å²) in [6.07, 6.45) is 1.93. The Bertz CT molecular complexity index is 785. The zero-order valence-electron chi connectivity index (χ0n) is 17.6. The third kappa shape index (κ3) is 5.43. The van der Waals surface area contributed by atoms with Crippen molar-refractivity contribution in [2.75, 3.05) is 13.6 Å². The van der Waals surface area contributed by atoms with Crippen LogP contribution in [0.1, 0.15) is 53.8 Å². The maximum Gasteiger partial charge on any atom is 0.222 e. The van der Waals surface area contributed by atoms with Gasteiger partial charge in [0.2, 0.25) is 11.8 Å². The normalized spacial score (nSPS) is 12.1. The number of hydrogen-bond donors (Lipinski definition) is 1. The quantitative estimate of drug-likeness (QED) is 0.706. The number of aryl methyl sites for hydroxylation is 4. The summed E-state index contributed by atoms with van der Waals surface area (Å²) in [5.74, 6) is 1.48. The van der Waals surface area contributed by atoms with E-state index in [2.05, 4.69) is 15.6 Å². The smallest absolute Gasteiger partial charge is 0.222 e. The lowest BCUT2D eigenvalue weighted by Crippen LogP contribution is -2.43. The molecule has 28 heavy (non-hydrogen) atoms. The first-order chi connectivity index (χ1) is 13.2. The average molecular weight is 390 g/mol. The molecule has 0 aliphatic heterocycles. The molecule has 2 heterocycles. The molecule has 8 nitrogen and oxygen atoms in total. The van der Waals surface area contributed by atoms with Crippen LogP contribution < -0.4 is 5.32 Å². The van der Waals surface area contributed by atoms with Gasteiger partial charge in [-0.1, -0.05) is 10.3 Å². The van der Waals surface area contributed by atoms with Gasteiger partial charge in [-0.05, 0) is 47.5 Å². The number of rotatable bonds is 9. The first kappa shape index (κ1) is 21.7. The molecule has 0 aromatic carbocycles. The second-order valence-corrected chi connectivity index (χ2v) is 7.26. The molecule has 1 N–H and O–H groups in total. The van der Waals surface area contributed by atoms with Crippen molar-refractivity contribution in [3.63, 3.8) is 0 Å². The lowest BCUT2D eigenvalue weighted by atomic mass is 10.1. The molecule has 2 rings (SSSR count). The highest BCUT2D eigenvalue weighted by atomic mass is 16.5. The molecular weight excluding hydrogens is 360 g/mol. The van der Waals surface area contributed by atoms with E-state index in [4.69, 9.17) is 9.05 Å². The molecule has 8 heteroatoms. The summed E-state index contributed by atoms with van der Waals surface area (Å²) in [4.78, 5) is 26.3. The molecule has 1 atom stereocenters. The molecule has 0 aliphatic carbocycles. The summed E-state index contributed by atoms with van der Waals surface area (Å²) in [7, 11) is 1.76. The number of carbonyl (C=O) groups excluding carboxylic acids is 2. The van der Waals surface area contributed by atoms with Gasteiger partial charge in [0.05, 0.1) is 11.4 Å². The molecule has 2 amide bonds. The third-order valence-corrected chi connectivity index (χ3v) is 5.20. The van der Waals surface area contributed by atoms with Crippen LogP contribution in [0, 0.1) is 27.7 Å². The Morgan fingerprint density at radius 1 is 0.964 bits per heavy atom. The Kier molecular flexibility index (Phi) is 7.37. The van der Waals surface area contributed by atoms with Gasteiger partial charge in [0.15, 0.2) is 0 Å². The molecule has 0 fully saturated rings. The fourth-order valence-corrected chi connectivity index (χ4v) is 3.10. The van der Waals surface area contributed by atoms with Crippen molar-refractivity contribution >= 4 is 11.8 Å². The van der Waals surface area contributed by atoms with Crippen LogP contribution in [0.15, 0.2) is 9.05 Å².